The monoisotopic (exact) mass is 545 g/mol. The molecule has 1 saturated carbocycles. The molecule has 2 amide bonds. The van der Waals surface area contributed by atoms with Crippen molar-refractivity contribution in [1.82, 2.24) is 15.1 Å². The zero-order valence-electron chi connectivity index (χ0n) is 24.2. The molecule has 0 aromatic heterocycles. The van der Waals surface area contributed by atoms with Crippen molar-refractivity contribution < 1.29 is 14.7 Å². The first-order valence-electron chi connectivity index (χ1n) is 15.6. The van der Waals surface area contributed by atoms with Gasteiger partial charge >= 0.3 is 0 Å². The van der Waals surface area contributed by atoms with Crippen LogP contribution in [0.15, 0.2) is 60.7 Å². The number of likely N-dealkylation sites (tertiary alicyclic amines) is 1. The fraction of sp³-hybridized carbons (Fsp3) is 0.588. The van der Waals surface area contributed by atoms with Gasteiger partial charge in [-0.15, -0.1) is 0 Å². The number of rotatable bonds is 10. The first kappa shape index (κ1) is 28.8. The number of nitrogens with zero attached hydrogens (tertiary/aromatic N) is 2. The number of hydrogen-bond donors (Lipinski definition) is 2. The van der Waals surface area contributed by atoms with Crippen LogP contribution in [0.1, 0.15) is 88.2 Å². The van der Waals surface area contributed by atoms with Crippen molar-refractivity contribution in [3.63, 3.8) is 0 Å². The van der Waals surface area contributed by atoms with Gasteiger partial charge in [-0.1, -0.05) is 93.3 Å². The molecule has 40 heavy (non-hydrogen) atoms. The Balaban J connectivity index is 1.29. The maximum Gasteiger partial charge on any atom is 0.246 e. The quantitative estimate of drug-likeness (QED) is 0.438. The van der Waals surface area contributed by atoms with Crippen LogP contribution in [0.4, 0.5) is 0 Å². The number of carbonyl (C=O) groups is 2. The SMILES string of the molecule is CCCCN1C(=O)[C@@H](CC2(O)CCCCC2)NC(=O)C12CCN(CC(Cc1ccccc1)c1ccccc1)CC2. The van der Waals surface area contributed by atoms with E-state index in [1.54, 1.807) is 0 Å². The summed E-state index contributed by atoms with van der Waals surface area (Å²) in [5.41, 5.74) is 1.04. The Hall–Kier alpha value is -2.70. The van der Waals surface area contributed by atoms with Gasteiger partial charge in [0.1, 0.15) is 11.6 Å². The van der Waals surface area contributed by atoms with Crippen LogP contribution in [0, 0.1) is 0 Å². The van der Waals surface area contributed by atoms with Crippen molar-refractivity contribution in [3.05, 3.63) is 71.8 Å². The topological polar surface area (TPSA) is 72.9 Å². The second-order valence-electron chi connectivity index (χ2n) is 12.5. The lowest BCUT2D eigenvalue weighted by Crippen LogP contribution is -2.73. The molecule has 216 valence electrons. The minimum Gasteiger partial charge on any atom is -0.390 e. The van der Waals surface area contributed by atoms with E-state index in [9.17, 15) is 14.7 Å². The molecule has 6 nitrogen and oxygen atoms in total. The van der Waals surface area contributed by atoms with Crippen LogP contribution in [0.3, 0.4) is 0 Å². The van der Waals surface area contributed by atoms with E-state index in [0.29, 0.717) is 44.6 Å². The van der Waals surface area contributed by atoms with Gasteiger partial charge in [0.2, 0.25) is 11.8 Å². The lowest BCUT2D eigenvalue weighted by Gasteiger charge is -2.52. The van der Waals surface area contributed by atoms with Gasteiger partial charge in [-0.25, -0.2) is 0 Å². The normalized spacial score (nSPS) is 23.6. The zero-order valence-corrected chi connectivity index (χ0v) is 24.2. The van der Waals surface area contributed by atoms with Gasteiger partial charge < -0.3 is 20.2 Å². The zero-order chi connectivity index (χ0) is 28.0. The average molecular weight is 546 g/mol. The summed E-state index contributed by atoms with van der Waals surface area (Å²) in [5, 5.41) is 14.3. The minimum atomic E-state index is -0.846. The van der Waals surface area contributed by atoms with Crippen molar-refractivity contribution in [2.45, 2.75) is 101 Å². The Labute approximate surface area is 240 Å². The number of hydrogen-bond acceptors (Lipinski definition) is 4. The van der Waals surface area contributed by atoms with Gasteiger partial charge in [-0.05, 0) is 49.7 Å². The number of piperazine rings is 1. The summed E-state index contributed by atoms with van der Waals surface area (Å²) in [6.45, 7) is 5.24. The predicted molar refractivity (Wildman–Crippen MR) is 159 cm³/mol. The molecule has 0 radical (unpaired) electrons. The van der Waals surface area contributed by atoms with Gasteiger partial charge in [0.15, 0.2) is 0 Å². The molecule has 2 atom stereocenters. The van der Waals surface area contributed by atoms with E-state index in [1.807, 2.05) is 4.90 Å². The van der Waals surface area contributed by atoms with Crippen LogP contribution in [0.5, 0.6) is 0 Å². The van der Waals surface area contributed by atoms with E-state index in [-0.39, 0.29) is 11.8 Å². The Morgan fingerprint density at radius 2 is 1.57 bits per heavy atom. The van der Waals surface area contributed by atoms with Gasteiger partial charge in [0.25, 0.3) is 0 Å². The number of unbranched alkanes of at least 4 members (excludes halogenated alkanes) is 1. The van der Waals surface area contributed by atoms with Crippen LogP contribution in [0.25, 0.3) is 0 Å². The molecule has 2 aliphatic heterocycles. The highest BCUT2D eigenvalue weighted by atomic mass is 16.3. The maximum absolute atomic E-state index is 13.9. The largest absolute Gasteiger partial charge is 0.390 e. The van der Waals surface area contributed by atoms with Gasteiger partial charge in [0.05, 0.1) is 5.60 Å². The fourth-order valence-corrected chi connectivity index (χ4v) is 7.27. The van der Waals surface area contributed by atoms with E-state index in [2.05, 4.69) is 77.8 Å². The third kappa shape index (κ3) is 6.44. The molecule has 2 heterocycles. The van der Waals surface area contributed by atoms with Crippen LogP contribution in [-0.4, -0.2) is 70.1 Å². The van der Waals surface area contributed by atoms with Gasteiger partial charge in [-0.2, -0.15) is 0 Å². The number of amides is 2. The molecule has 5 rings (SSSR count). The number of benzene rings is 2. The van der Waals surface area contributed by atoms with E-state index in [4.69, 9.17) is 0 Å². The first-order chi connectivity index (χ1) is 19.4. The second kappa shape index (κ2) is 12.9. The third-order valence-corrected chi connectivity index (χ3v) is 9.67. The highest BCUT2D eigenvalue weighted by molar-refractivity contribution is 6.00. The summed E-state index contributed by atoms with van der Waals surface area (Å²) in [4.78, 5) is 32.1. The molecule has 2 aromatic rings. The Kier molecular flexibility index (Phi) is 9.27. The molecule has 2 saturated heterocycles. The number of aliphatic hydroxyl groups is 1. The van der Waals surface area contributed by atoms with Crippen molar-refractivity contribution in [1.29, 1.82) is 0 Å². The summed E-state index contributed by atoms with van der Waals surface area (Å²) in [6, 6.07) is 20.8. The summed E-state index contributed by atoms with van der Waals surface area (Å²) in [7, 11) is 0. The molecule has 2 N–H and O–H groups in total. The molecule has 1 unspecified atom stereocenters. The van der Waals surface area contributed by atoms with E-state index >= 15 is 0 Å². The molecular formula is C34H47N3O3. The Morgan fingerprint density at radius 3 is 2.23 bits per heavy atom. The van der Waals surface area contributed by atoms with Crippen molar-refractivity contribution in [2.24, 2.45) is 0 Å². The van der Waals surface area contributed by atoms with E-state index in [0.717, 1.165) is 58.2 Å². The van der Waals surface area contributed by atoms with Crippen LogP contribution in [-0.2, 0) is 16.0 Å². The molecule has 1 spiro atoms. The second-order valence-corrected chi connectivity index (χ2v) is 12.5. The smallest absolute Gasteiger partial charge is 0.246 e. The van der Waals surface area contributed by atoms with E-state index in [1.165, 1.54) is 11.1 Å². The highest BCUT2D eigenvalue weighted by Gasteiger charge is 2.54. The summed E-state index contributed by atoms with van der Waals surface area (Å²) in [5.74, 6) is 0.346. The van der Waals surface area contributed by atoms with Gasteiger partial charge in [-0.3, -0.25) is 9.59 Å². The fourth-order valence-electron chi connectivity index (χ4n) is 7.27. The predicted octanol–water partition coefficient (Wildman–Crippen LogP) is 5.06. The molecule has 3 aliphatic rings. The van der Waals surface area contributed by atoms with Crippen molar-refractivity contribution in [3.8, 4) is 0 Å². The number of piperidine rings is 1. The van der Waals surface area contributed by atoms with Crippen LogP contribution >= 0.6 is 0 Å². The number of nitrogens with one attached hydrogen (secondary N) is 1. The van der Waals surface area contributed by atoms with Crippen LogP contribution in [0.2, 0.25) is 0 Å². The van der Waals surface area contributed by atoms with Crippen LogP contribution < -0.4 is 5.32 Å². The average Bonchev–Trinajstić information content (AvgIpc) is 2.98. The van der Waals surface area contributed by atoms with Crippen molar-refractivity contribution >= 4 is 11.8 Å². The molecule has 1 aliphatic carbocycles. The Morgan fingerprint density at radius 1 is 0.925 bits per heavy atom. The molecule has 3 fully saturated rings. The van der Waals surface area contributed by atoms with E-state index < -0.39 is 17.2 Å². The molecule has 6 heteroatoms. The summed E-state index contributed by atoms with van der Waals surface area (Å²) < 4.78 is 0. The van der Waals surface area contributed by atoms with Gasteiger partial charge in [0, 0.05) is 38.5 Å². The lowest BCUT2D eigenvalue weighted by molar-refractivity contribution is -0.163. The first-order valence-corrected chi connectivity index (χ1v) is 15.6. The molecule has 2 aromatic carbocycles. The number of carbonyl (C=O) groups excluding carboxylic acids is 2. The summed E-state index contributed by atoms with van der Waals surface area (Å²) >= 11 is 0. The third-order valence-electron chi connectivity index (χ3n) is 9.67. The molecule has 0 bridgehead atoms. The molecular weight excluding hydrogens is 498 g/mol. The Bertz CT molecular complexity index is 1110. The standard InChI is InChI=1S/C34H47N3O3/c1-2-3-21-37-31(38)30(25-33(40)17-11-6-12-18-33)35-32(39)34(37)19-22-36(23-20-34)26-29(28-15-9-5-10-16-28)24-27-13-7-4-8-14-27/h4-5,7-10,13-16,29-30,40H,2-3,6,11-12,17-26H2,1H3,(H,35,39)/t29?,30-/m1/s1. The summed E-state index contributed by atoms with van der Waals surface area (Å²) in [6.07, 6.45) is 9.00. The lowest BCUT2D eigenvalue weighted by atomic mass is 9.77. The van der Waals surface area contributed by atoms with Crippen molar-refractivity contribution in [2.75, 3.05) is 26.2 Å². The minimum absolute atomic E-state index is 0.00624. The maximum atomic E-state index is 13.9. The highest BCUT2D eigenvalue weighted by Crippen LogP contribution is 2.38.